The topological polar surface area (TPSA) is 62.5 Å². The van der Waals surface area contributed by atoms with Gasteiger partial charge in [-0.3, -0.25) is 4.99 Å². The smallest absolute Gasteiger partial charge is 0.191 e. The summed E-state index contributed by atoms with van der Waals surface area (Å²) in [5, 5.41) is 10.6. The molecule has 1 aromatic heterocycles. The largest absolute Gasteiger partial charge is 0.361 e. The summed E-state index contributed by atoms with van der Waals surface area (Å²) in [6.45, 7) is 8.41. The molecule has 0 fully saturated rings. The Morgan fingerprint density at radius 2 is 1.91 bits per heavy atom. The van der Waals surface area contributed by atoms with Gasteiger partial charge in [-0.1, -0.05) is 35.5 Å². The van der Waals surface area contributed by atoms with Crippen molar-refractivity contribution in [3.8, 4) is 0 Å². The minimum Gasteiger partial charge on any atom is -0.361 e. The molecule has 0 aliphatic carbocycles. The summed E-state index contributed by atoms with van der Waals surface area (Å²) in [4.78, 5) is 4.63. The second-order valence-electron chi connectivity index (χ2n) is 5.48. The van der Waals surface area contributed by atoms with E-state index in [1.807, 2.05) is 19.9 Å². The SMILES string of the molecule is CCNC(=NCCc1c(C)noc1C)NCCc1ccccc1. The molecule has 1 aromatic carbocycles. The maximum Gasteiger partial charge on any atom is 0.191 e. The Balaban J connectivity index is 1.82. The van der Waals surface area contributed by atoms with Crippen molar-refractivity contribution in [2.24, 2.45) is 4.99 Å². The standard InChI is InChI=1S/C18H26N4O/c1-4-19-18(20-12-10-16-8-6-5-7-9-16)21-13-11-17-14(2)22-23-15(17)3/h5-9H,4,10-13H2,1-3H3,(H2,19,20,21). The highest BCUT2D eigenvalue weighted by Crippen LogP contribution is 2.12. The Morgan fingerprint density at radius 1 is 1.13 bits per heavy atom. The average molecular weight is 314 g/mol. The Kier molecular flexibility index (Phi) is 6.66. The molecule has 0 unspecified atom stereocenters. The molecule has 0 amide bonds. The summed E-state index contributed by atoms with van der Waals surface area (Å²) in [5.41, 5.74) is 3.44. The first-order valence-corrected chi connectivity index (χ1v) is 8.18. The van der Waals surface area contributed by atoms with Gasteiger partial charge in [-0.05, 0) is 39.2 Å². The van der Waals surface area contributed by atoms with Gasteiger partial charge in [0, 0.05) is 25.2 Å². The van der Waals surface area contributed by atoms with Crippen molar-refractivity contribution in [3.63, 3.8) is 0 Å². The monoisotopic (exact) mass is 314 g/mol. The number of rotatable bonds is 7. The van der Waals surface area contributed by atoms with E-state index in [4.69, 9.17) is 4.52 Å². The van der Waals surface area contributed by atoms with Crippen molar-refractivity contribution in [2.45, 2.75) is 33.6 Å². The van der Waals surface area contributed by atoms with E-state index in [0.717, 1.165) is 48.9 Å². The lowest BCUT2D eigenvalue weighted by molar-refractivity contribution is 0.392. The molecule has 23 heavy (non-hydrogen) atoms. The van der Waals surface area contributed by atoms with Crippen LogP contribution in [0.4, 0.5) is 0 Å². The molecule has 0 atom stereocenters. The van der Waals surface area contributed by atoms with Crippen LogP contribution < -0.4 is 10.6 Å². The van der Waals surface area contributed by atoms with Crippen LogP contribution >= 0.6 is 0 Å². The van der Waals surface area contributed by atoms with Gasteiger partial charge in [-0.15, -0.1) is 0 Å². The molecule has 0 spiro atoms. The first kappa shape index (κ1) is 17.1. The minimum atomic E-state index is 0.712. The van der Waals surface area contributed by atoms with Crippen LogP contribution in [-0.2, 0) is 12.8 Å². The molecule has 0 aliphatic rings. The minimum absolute atomic E-state index is 0.712. The normalized spacial score (nSPS) is 11.5. The first-order valence-electron chi connectivity index (χ1n) is 8.18. The fourth-order valence-electron chi connectivity index (χ4n) is 2.45. The second kappa shape index (κ2) is 8.98. The maximum atomic E-state index is 5.18. The third-order valence-corrected chi connectivity index (χ3v) is 3.71. The molecule has 2 N–H and O–H groups in total. The number of nitrogens with zero attached hydrogens (tertiary/aromatic N) is 2. The lowest BCUT2D eigenvalue weighted by Gasteiger charge is -2.11. The number of guanidine groups is 1. The lowest BCUT2D eigenvalue weighted by Crippen LogP contribution is -2.38. The van der Waals surface area contributed by atoms with E-state index in [2.05, 4.69) is 52.0 Å². The van der Waals surface area contributed by atoms with Crippen molar-refractivity contribution in [3.05, 3.63) is 52.9 Å². The molecule has 1 heterocycles. The zero-order valence-corrected chi connectivity index (χ0v) is 14.2. The van der Waals surface area contributed by atoms with Crippen molar-refractivity contribution in [1.82, 2.24) is 15.8 Å². The molecule has 0 aliphatic heterocycles. The summed E-state index contributed by atoms with van der Waals surface area (Å²) in [6.07, 6.45) is 1.82. The number of nitrogens with one attached hydrogen (secondary N) is 2. The predicted octanol–water partition coefficient (Wildman–Crippen LogP) is 2.63. The van der Waals surface area contributed by atoms with Crippen LogP contribution in [-0.4, -0.2) is 30.8 Å². The Morgan fingerprint density at radius 3 is 2.57 bits per heavy atom. The van der Waals surface area contributed by atoms with Gasteiger partial charge in [0.25, 0.3) is 0 Å². The van der Waals surface area contributed by atoms with E-state index < -0.39 is 0 Å². The predicted molar refractivity (Wildman–Crippen MR) is 93.8 cm³/mol. The Bertz CT molecular complexity index is 600. The molecule has 2 aromatic rings. The Hall–Kier alpha value is -2.30. The second-order valence-corrected chi connectivity index (χ2v) is 5.48. The van der Waals surface area contributed by atoms with Crippen molar-refractivity contribution in [2.75, 3.05) is 19.6 Å². The van der Waals surface area contributed by atoms with Crippen molar-refractivity contribution < 1.29 is 4.52 Å². The quantitative estimate of drug-likeness (QED) is 0.609. The van der Waals surface area contributed by atoms with Gasteiger partial charge in [0.15, 0.2) is 5.96 Å². The van der Waals surface area contributed by atoms with Crippen LogP contribution in [0.15, 0.2) is 39.8 Å². The van der Waals surface area contributed by atoms with Crippen LogP contribution in [0.1, 0.15) is 29.5 Å². The van der Waals surface area contributed by atoms with Crippen molar-refractivity contribution in [1.29, 1.82) is 0 Å². The van der Waals surface area contributed by atoms with Crippen LogP contribution in [0.3, 0.4) is 0 Å². The molecule has 0 saturated heterocycles. The number of aliphatic imine (C=N–C) groups is 1. The summed E-state index contributed by atoms with van der Waals surface area (Å²) in [5.74, 6) is 1.75. The Labute approximate surface area is 138 Å². The van der Waals surface area contributed by atoms with E-state index in [1.54, 1.807) is 0 Å². The highest BCUT2D eigenvalue weighted by atomic mass is 16.5. The van der Waals surface area contributed by atoms with Crippen LogP contribution in [0.25, 0.3) is 0 Å². The maximum absolute atomic E-state index is 5.18. The number of benzene rings is 1. The molecule has 124 valence electrons. The molecular weight excluding hydrogens is 288 g/mol. The fourth-order valence-corrected chi connectivity index (χ4v) is 2.45. The molecule has 5 heteroatoms. The van der Waals surface area contributed by atoms with Gasteiger partial charge in [0.05, 0.1) is 5.69 Å². The van der Waals surface area contributed by atoms with Gasteiger partial charge in [0.2, 0.25) is 0 Å². The third kappa shape index (κ3) is 5.43. The zero-order chi connectivity index (χ0) is 16.5. The number of aryl methyl sites for hydroxylation is 2. The number of hydrogen-bond donors (Lipinski definition) is 2. The molecule has 0 saturated carbocycles. The molecule has 5 nitrogen and oxygen atoms in total. The van der Waals surface area contributed by atoms with Crippen molar-refractivity contribution >= 4 is 5.96 Å². The van der Waals surface area contributed by atoms with E-state index in [9.17, 15) is 0 Å². The van der Waals surface area contributed by atoms with Gasteiger partial charge < -0.3 is 15.2 Å². The summed E-state index contributed by atoms with van der Waals surface area (Å²) in [6, 6.07) is 10.5. The van der Waals surface area contributed by atoms with Gasteiger partial charge >= 0.3 is 0 Å². The molecule has 0 bridgehead atoms. The third-order valence-electron chi connectivity index (χ3n) is 3.71. The highest BCUT2D eigenvalue weighted by Gasteiger charge is 2.08. The molecular formula is C18H26N4O. The summed E-state index contributed by atoms with van der Waals surface area (Å²) in [7, 11) is 0. The average Bonchev–Trinajstić information content (AvgIpc) is 2.88. The van der Waals surface area contributed by atoms with Crippen LogP contribution in [0.5, 0.6) is 0 Å². The summed E-state index contributed by atoms with van der Waals surface area (Å²) >= 11 is 0. The first-order chi connectivity index (χ1) is 11.2. The number of aromatic nitrogens is 1. The van der Waals surface area contributed by atoms with E-state index in [1.165, 1.54) is 5.56 Å². The van der Waals surface area contributed by atoms with Gasteiger partial charge in [-0.2, -0.15) is 0 Å². The number of hydrogen-bond acceptors (Lipinski definition) is 3. The van der Waals surface area contributed by atoms with Gasteiger partial charge in [0.1, 0.15) is 5.76 Å². The van der Waals surface area contributed by atoms with Crippen LogP contribution in [0, 0.1) is 13.8 Å². The lowest BCUT2D eigenvalue weighted by atomic mass is 10.1. The highest BCUT2D eigenvalue weighted by molar-refractivity contribution is 5.79. The van der Waals surface area contributed by atoms with E-state index in [0.29, 0.717) is 6.54 Å². The van der Waals surface area contributed by atoms with Gasteiger partial charge in [-0.25, -0.2) is 0 Å². The molecule has 2 rings (SSSR count). The zero-order valence-electron chi connectivity index (χ0n) is 14.2. The van der Waals surface area contributed by atoms with E-state index in [-0.39, 0.29) is 0 Å². The van der Waals surface area contributed by atoms with E-state index >= 15 is 0 Å². The van der Waals surface area contributed by atoms with Crippen LogP contribution in [0.2, 0.25) is 0 Å². The molecule has 0 radical (unpaired) electrons. The fraction of sp³-hybridized carbons (Fsp3) is 0.444. The summed E-state index contributed by atoms with van der Waals surface area (Å²) < 4.78 is 5.18.